The molecule has 1 heterocycles. The molecule has 1 unspecified atom stereocenters. The second kappa shape index (κ2) is 5.91. The fraction of sp³-hybridized carbons (Fsp3) is 0.571. The van der Waals surface area contributed by atoms with Gasteiger partial charge in [0.15, 0.2) is 11.5 Å². The maximum atomic E-state index is 12.9. The van der Waals surface area contributed by atoms with E-state index in [0.29, 0.717) is 12.0 Å². The SMILES string of the molecule is COc1cc(CC2CCCCN2)cc(C(F)(F)F)c1O. The maximum Gasteiger partial charge on any atom is 0.420 e. The van der Waals surface area contributed by atoms with Crippen molar-refractivity contribution >= 4 is 0 Å². The number of ether oxygens (including phenoxy) is 1. The van der Waals surface area contributed by atoms with E-state index in [2.05, 4.69) is 5.32 Å². The first-order chi connectivity index (χ1) is 9.41. The van der Waals surface area contributed by atoms with Gasteiger partial charge in [-0.1, -0.05) is 6.42 Å². The van der Waals surface area contributed by atoms with Crippen LogP contribution in [-0.4, -0.2) is 24.8 Å². The average molecular weight is 289 g/mol. The second-order valence-corrected chi connectivity index (χ2v) is 5.04. The molecular formula is C14H18F3NO2. The summed E-state index contributed by atoms with van der Waals surface area (Å²) in [5.41, 5.74) is -0.519. The van der Waals surface area contributed by atoms with Crippen LogP contribution in [0.25, 0.3) is 0 Å². The van der Waals surface area contributed by atoms with Crippen LogP contribution in [0.3, 0.4) is 0 Å². The molecule has 0 saturated carbocycles. The van der Waals surface area contributed by atoms with Gasteiger partial charge in [0.2, 0.25) is 0 Å². The lowest BCUT2D eigenvalue weighted by Gasteiger charge is -2.24. The van der Waals surface area contributed by atoms with Crippen molar-refractivity contribution in [2.75, 3.05) is 13.7 Å². The normalized spacial score (nSPS) is 19.9. The molecule has 1 aromatic carbocycles. The zero-order chi connectivity index (χ0) is 14.8. The molecule has 3 nitrogen and oxygen atoms in total. The monoisotopic (exact) mass is 289 g/mol. The Bertz CT molecular complexity index is 468. The van der Waals surface area contributed by atoms with Crippen LogP contribution in [0.2, 0.25) is 0 Å². The molecule has 20 heavy (non-hydrogen) atoms. The highest BCUT2D eigenvalue weighted by Crippen LogP contribution is 2.41. The van der Waals surface area contributed by atoms with Crippen LogP contribution in [0, 0.1) is 0 Å². The van der Waals surface area contributed by atoms with Gasteiger partial charge in [-0.05, 0) is 43.5 Å². The number of piperidine rings is 1. The molecule has 0 amide bonds. The molecule has 1 saturated heterocycles. The number of hydrogen-bond acceptors (Lipinski definition) is 3. The van der Waals surface area contributed by atoms with Crippen LogP contribution in [0.4, 0.5) is 13.2 Å². The molecule has 2 N–H and O–H groups in total. The van der Waals surface area contributed by atoms with Crippen LogP contribution >= 0.6 is 0 Å². The minimum atomic E-state index is -4.59. The lowest BCUT2D eigenvalue weighted by molar-refractivity contribution is -0.138. The van der Waals surface area contributed by atoms with Gasteiger partial charge in [0.25, 0.3) is 0 Å². The number of halogens is 3. The third kappa shape index (κ3) is 3.36. The largest absolute Gasteiger partial charge is 0.504 e. The predicted molar refractivity (Wildman–Crippen MR) is 69.0 cm³/mol. The molecule has 1 aliphatic rings. The second-order valence-electron chi connectivity index (χ2n) is 5.04. The van der Waals surface area contributed by atoms with Crippen LogP contribution in [0.1, 0.15) is 30.4 Å². The minimum absolute atomic E-state index is 0.134. The van der Waals surface area contributed by atoms with Gasteiger partial charge in [-0.25, -0.2) is 0 Å². The molecule has 0 aliphatic carbocycles. The van der Waals surface area contributed by atoms with Gasteiger partial charge in [-0.3, -0.25) is 0 Å². The Balaban J connectivity index is 2.28. The predicted octanol–water partition coefficient (Wildman–Crippen LogP) is 3.10. The third-order valence-electron chi connectivity index (χ3n) is 3.55. The van der Waals surface area contributed by atoms with E-state index in [4.69, 9.17) is 4.74 Å². The molecule has 2 rings (SSSR count). The Hall–Kier alpha value is -1.43. The Morgan fingerprint density at radius 2 is 2.10 bits per heavy atom. The fourth-order valence-electron chi connectivity index (χ4n) is 2.54. The first-order valence-electron chi connectivity index (χ1n) is 6.62. The Kier molecular flexibility index (Phi) is 4.42. The first kappa shape index (κ1) is 15.0. The van der Waals surface area contributed by atoms with E-state index in [0.717, 1.165) is 31.9 Å². The van der Waals surface area contributed by atoms with Crippen molar-refractivity contribution < 1.29 is 23.0 Å². The number of phenols is 1. The molecule has 0 aromatic heterocycles. The van der Waals surface area contributed by atoms with Gasteiger partial charge >= 0.3 is 6.18 Å². The van der Waals surface area contributed by atoms with Gasteiger partial charge in [-0.15, -0.1) is 0 Å². The van der Waals surface area contributed by atoms with Crippen LogP contribution in [-0.2, 0) is 12.6 Å². The van der Waals surface area contributed by atoms with Gasteiger partial charge in [0, 0.05) is 6.04 Å². The molecular weight excluding hydrogens is 271 g/mol. The van der Waals surface area contributed by atoms with Crippen molar-refractivity contribution in [3.63, 3.8) is 0 Å². The van der Waals surface area contributed by atoms with E-state index in [1.54, 1.807) is 0 Å². The number of hydrogen-bond donors (Lipinski definition) is 2. The molecule has 0 spiro atoms. The molecule has 1 atom stereocenters. The summed E-state index contributed by atoms with van der Waals surface area (Å²) < 4.78 is 43.5. The fourth-order valence-corrected chi connectivity index (χ4v) is 2.54. The van der Waals surface area contributed by atoms with Crippen molar-refractivity contribution in [3.8, 4) is 11.5 Å². The molecule has 112 valence electrons. The van der Waals surface area contributed by atoms with Crippen molar-refractivity contribution in [1.82, 2.24) is 5.32 Å². The molecule has 0 bridgehead atoms. The Morgan fingerprint density at radius 1 is 1.35 bits per heavy atom. The topological polar surface area (TPSA) is 41.5 Å². The van der Waals surface area contributed by atoms with Gasteiger partial charge in [-0.2, -0.15) is 13.2 Å². The van der Waals surface area contributed by atoms with Crippen molar-refractivity contribution in [2.24, 2.45) is 0 Å². The van der Waals surface area contributed by atoms with E-state index in [1.807, 2.05) is 0 Å². The summed E-state index contributed by atoms with van der Waals surface area (Å²) >= 11 is 0. The lowest BCUT2D eigenvalue weighted by Crippen LogP contribution is -2.35. The maximum absolute atomic E-state index is 12.9. The molecule has 0 radical (unpaired) electrons. The minimum Gasteiger partial charge on any atom is -0.504 e. The van der Waals surface area contributed by atoms with Crippen LogP contribution < -0.4 is 10.1 Å². The van der Waals surface area contributed by atoms with E-state index in [-0.39, 0.29) is 11.8 Å². The summed E-state index contributed by atoms with van der Waals surface area (Å²) in [5.74, 6) is -0.981. The highest BCUT2D eigenvalue weighted by Gasteiger charge is 2.36. The summed E-state index contributed by atoms with van der Waals surface area (Å²) in [6.07, 6.45) is -0.958. The zero-order valence-electron chi connectivity index (χ0n) is 11.3. The zero-order valence-corrected chi connectivity index (χ0v) is 11.3. The van der Waals surface area contributed by atoms with Gasteiger partial charge in [0.1, 0.15) is 5.56 Å². The van der Waals surface area contributed by atoms with Crippen LogP contribution in [0.5, 0.6) is 11.5 Å². The van der Waals surface area contributed by atoms with E-state index < -0.39 is 17.5 Å². The van der Waals surface area contributed by atoms with Crippen molar-refractivity contribution in [3.05, 3.63) is 23.3 Å². The highest BCUT2D eigenvalue weighted by atomic mass is 19.4. The van der Waals surface area contributed by atoms with Crippen molar-refractivity contribution in [2.45, 2.75) is 37.9 Å². The number of benzene rings is 1. The first-order valence-corrected chi connectivity index (χ1v) is 6.62. The number of methoxy groups -OCH3 is 1. The number of alkyl halides is 3. The van der Waals surface area contributed by atoms with E-state index in [1.165, 1.54) is 13.2 Å². The van der Waals surface area contributed by atoms with Gasteiger partial charge in [0.05, 0.1) is 7.11 Å². The summed E-state index contributed by atoms with van der Waals surface area (Å²) in [5, 5.41) is 12.9. The smallest absolute Gasteiger partial charge is 0.420 e. The van der Waals surface area contributed by atoms with Crippen LogP contribution in [0.15, 0.2) is 12.1 Å². The van der Waals surface area contributed by atoms with Crippen molar-refractivity contribution in [1.29, 1.82) is 0 Å². The summed E-state index contributed by atoms with van der Waals surface area (Å²) in [6, 6.07) is 2.66. The molecule has 1 aromatic rings. The number of aromatic hydroxyl groups is 1. The highest BCUT2D eigenvalue weighted by molar-refractivity contribution is 5.50. The molecule has 1 aliphatic heterocycles. The Morgan fingerprint density at radius 3 is 2.65 bits per heavy atom. The standard InChI is InChI=1S/C14H18F3NO2/c1-20-12-8-9(6-10-4-2-3-5-18-10)7-11(13(12)19)14(15,16)17/h7-8,10,18-19H,2-6H2,1H3. The number of rotatable bonds is 3. The lowest BCUT2D eigenvalue weighted by atomic mass is 9.96. The Labute approximate surface area is 115 Å². The van der Waals surface area contributed by atoms with E-state index >= 15 is 0 Å². The third-order valence-corrected chi connectivity index (χ3v) is 3.55. The molecule has 1 fully saturated rings. The summed E-state index contributed by atoms with van der Waals surface area (Å²) in [6.45, 7) is 0.895. The number of phenolic OH excluding ortho intramolecular Hbond substituents is 1. The average Bonchev–Trinajstić information content (AvgIpc) is 2.40. The summed E-state index contributed by atoms with van der Waals surface area (Å²) in [7, 11) is 1.25. The number of nitrogens with one attached hydrogen (secondary N) is 1. The van der Waals surface area contributed by atoms with Gasteiger partial charge < -0.3 is 15.2 Å². The quantitative estimate of drug-likeness (QED) is 0.898. The molecule has 6 heteroatoms. The van der Waals surface area contributed by atoms with E-state index in [9.17, 15) is 18.3 Å². The summed E-state index contributed by atoms with van der Waals surface area (Å²) in [4.78, 5) is 0.